The Balaban J connectivity index is 1.67. The maximum atomic E-state index is 10.2. The molecule has 3 heterocycles. The van der Waals surface area contributed by atoms with E-state index in [-0.39, 0.29) is 0 Å². The van der Waals surface area contributed by atoms with E-state index in [1.54, 1.807) is 29.5 Å². The Bertz CT molecular complexity index is 2350. The van der Waals surface area contributed by atoms with E-state index >= 15 is 0 Å². The standard InChI is InChI=1S/C37H20N4S/c38-21-23-10-9-11-24(22-39)34(23)28-20-32(41-30-16-4-1-12-25(30)26-13-2-5-17-31(26)41)36(29-15-7-8-19-40-29)37-35(28)27-14-3-6-18-33(27)42-37/h1-20H. The van der Waals surface area contributed by atoms with Crippen LogP contribution in [0, 0.1) is 22.7 Å². The number of para-hydroxylation sites is 2. The number of hydrogen-bond acceptors (Lipinski definition) is 4. The number of hydrogen-bond donors (Lipinski definition) is 0. The minimum Gasteiger partial charge on any atom is -0.308 e. The zero-order valence-corrected chi connectivity index (χ0v) is 23.1. The Kier molecular flexibility index (Phi) is 5.40. The van der Waals surface area contributed by atoms with Crippen LogP contribution in [0.25, 0.3) is 70.0 Å². The fraction of sp³-hybridized carbons (Fsp3) is 0. The second kappa shape index (κ2) is 9.42. The molecule has 0 fully saturated rings. The number of nitrogens with zero attached hydrogens (tertiary/aromatic N) is 4. The summed E-state index contributed by atoms with van der Waals surface area (Å²) in [7, 11) is 0. The molecular formula is C37H20N4S. The lowest BCUT2D eigenvalue weighted by atomic mass is 9.89. The summed E-state index contributed by atoms with van der Waals surface area (Å²) in [5.74, 6) is 0. The van der Waals surface area contributed by atoms with Crippen molar-refractivity contribution in [1.82, 2.24) is 9.55 Å². The normalized spacial score (nSPS) is 11.3. The summed E-state index contributed by atoms with van der Waals surface area (Å²) in [6.07, 6.45) is 1.83. The molecule has 0 amide bonds. The fourth-order valence-electron chi connectivity index (χ4n) is 6.23. The number of benzene rings is 5. The molecule has 5 aromatic carbocycles. The highest BCUT2D eigenvalue weighted by molar-refractivity contribution is 7.26. The van der Waals surface area contributed by atoms with Crippen molar-refractivity contribution in [1.29, 1.82) is 10.5 Å². The van der Waals surface area contributed by atoms with Crippen molar-refractivity contribution < 1.29 is 0 Å². The van der Waals surface area contributed by atoms with Crippen LogP contribution in [0.15, 0.2) is 121 Å². The van der Waals surface area contributed by atoms with Crippen molar-refractivity contribution in [3.05, 3.63) is 133 Å². The Morgan fingerprint density at radius 1 is 0.619 bits per heavy atom. The molecule has 4 nitrogen and oxygen atoms in total. The molecule has 0 saturated carbocycles. The third kappa shape index (κ3) is 3.42. The minimum absolute atomic E-state index is 0.476. The van der Waals surface area contributed by atoms with Gasteiger partial charge in [0, 0.05) is 48.3 Å². The van der Waals surface area contributed by atoms with E-state index in [4.69, 9.17) is 4.98 Å². The van der Waals surface area contributed by atoms with Crippen molar-refractivity contribution >= 4 is 53.3 Å². The van der Waals surface area contributed by atoms with Gasteiger partial charge in [-0.3, -0.25) is 4.98 Å². The molecule has 194 valence electrons. The quantitative estimate of drug-likeness (QED) is 0.219. The van der Waals surface area contributed by atoms with Gasteiger partial charge in [0.25, 0.3) is 0 Å². The molecule has 0 aliphatic carbocycles. The Morgan fingerprint density at radius 2 is 1.24 bits per heavy atom. The highest BCUT2D eigenvalue weighted by atomic mass is 32.1. The second-order valence-electron chi connectivity index (χ2n) is 10.2. The van der Waals surface area contributed by atoms with Gasteiger partial charge in [0.2, 0.25) is 0 Å². The minimum atomic E-state index is 0.476. The summed E-state index contributed by atoms with van der Waals surface area (Å²) < 4.78 is 4.52. The van der Waals surface area contributed by atoms with Crippen LogP contribution in [0.4, 0.5) is 0 Å². The van der Waals surface area contributed by atoms with E-state index < -0.39 is 0 Å². The SMILES string of the molecule is N#Cc1cccc(C#N)c1-c1cc(-n2c3ccccc3c3ccccc32)c(-c2ccccn2)c2sc3ccccc3c12. The zero-order chi connectivity index (χ0) is 28.2. The highest BCUT2D eigenvalue weighted by Crippen LogP contribution is 2.49. The van der Waals surface area contributed by atoms with Gasteiger partial charge in [-0.15, -0.1) is 11.3 Å². The highest BCUT2D eigenvalue weighted by Gasteiger charge is 2.25. The lowest BCUT2D eigenvalue weighted by Gasteiger charge is -2.19. The molecule has 8 aromatic rings. The van der Waals surface area contributed by atoms with Gasteiger partial charge in [-0.05, 0) is 54.1 Å². The maximum absolute atomic E-state index is 10.2. The molecule has 0 aliphatic heterocycles. The lowest BCUT2D eigenvalue weighted by Crippen LogP contribution is -2.01. The van der Waals surface area contributed by atoms with Crippen molar-refractivity contribution in [2.75, 3.05) is 0 Å². The van der Waals surface area contributed by atoms with Crippen LogP contribution in [-0.4, -0.2) is 9.55 Å². The monoisotopic (exact) mass is 552 g/mol. The average Bonchev–Trinajstić information content (AvgIpc) is 3.60. The number of nitriles is 2. The largest absolute Gasteiger partial charge is 0.308 e. The van der Waals surface area contributed by atoms with Crippen LogP contribution >= 0.6 is 11.3 Å². The number of aromatic nitrogens is 2. The topological polar surface area (TPSA) is 65.4 Å². The van der Waals surface area contributed by atoms with Gasteiger partial charge in [0.05, 0.1) is 45.7 Å². The molecule has 42 heavy (non-hydrogen) atoms. The summed E-state index contributed by atoms with van der Waals surface area (Å²) in [6.45, 7) is 0. The molecule has 5 heteroatoms. The molecule has 0 bridgehead atoms. The number of fused-ring (bicyclic) bond motifs is 6. The summed E-state index contributed by atoms with van der Waals surface area (Å²) in [4.78, 5) is 4.86. The van der Waals surface area contributed by atoms with Crippen LogP contribution in [0.1, 0.15) is 11.1 Å². The van der Waals surface area contributed by atoms with Gasteiger partial charge in [0.1, 0.15) is 0 Å². The summed E-state index contributed by atoms with van der Waals surface area (Å²) in [5, 5.41) is 24.9. The fourth-order valence-corrected chi connectivity index (χ4v) is 7.51. The van der Waals surface area contributed by atoms with Crippen LogP contribution in [0.3, 0.4) is 0 Å². The van der Waals surface area contributed by atoms with E-state index in [9.17, 15) is 10.5 Å². The maximum Gasteiger partial charge on any atom is 0.0998 e. The summed E-state index contributed by atoms with van der Waals surface area (Å²) >= 11 is 1.72. The number of rotatable bonds is 3. The van der Waals surface area contributed by atoms with Gasteiger partial charge in [-0.2, -0.15) is 10.5 Å². The Labute approximate surface area is 245 Å². The van der Waals surface area contributed by atoms with E-state index in [2.05, 4.69) is 95.6 Å². The molecule has 0 N–H and O–H groups in total. The molecule has 0 unspecified atom stereocenters. The molecule has 0 saturated heterocycles. The molecule has 3 aromatic heterocycles. The zero-order valence-electron chi connectivity index (χ0n) is 22.2. The molecular weight excluding hydrogens is 533 g/mol. The van der Waals surface area contributed by atoms with Crippen molar-refractivity contribution in [2.45, 2.75) is 0 Å². The third-order valence-corrected chi connectivity index (χ3v) is 9.13. The third-order valence-electron chi connectivity index (χ3n) is 7.95. The Hall–Kier alpha value is -5.75. The van der Waals surface area contributed by atoms with Gasteiger partial charge in [0.15, 0.2) is 0 Å². The van der Waals surface area contributed by atoms with Gasteiger partial charge >= 0.3 is 0 Å². The first kappa shape index (κ1) is 24.1. The number of thiophene rings is 1. The van der Waals surface area contributed by atoms with E-state index in [1.807, 2.05) is 24.4 Å². The summed E-state index contributed by atoms with van der Waals surface area (Å²) in [6, 6.07) is 43.5. The number of pyridine rings is 1. The van der Waals surface area contributed by atoms with Crippen LogP contribution in [0.2, 0.25) is 0 Å². The molecule has 0 spiro atoms. The van der Waals surface area contributed by atoms with E-state index in [1.165, 1.54) is 0 Å². The van der Waals surface area contributed by atoms with Crippen molar-refractivity contribution in [3.63, 3.8) is 0 Å². The first-order valence-electron chi connectivity index (χ1n) is 13.6. The first-order chi connectivity index (χ1) is 20.8. The van der Waals surface area contributed by atoms with Gasteiger partial charge < -0.3 is 4.57 Å². The van der Waals surface area contributed by atoms with Crippen LogP contribution < -0.4 is 0 Å². The van der Waals surface area contributed by atoms with Crippen molar-refractivity contribution in [3.8, 4) is 40.2 Å². The molecule has 8 rings (SSSR count). The van der Waals surface area contributed by atoms with E-state index in [0.29, 0.717) is 16.7 Å². The van der Waals surface area contributed by atoms with Gasteiger partial charge in [-0.25, -0.2) is 0 Å². The predicted molar refractivity (Wildman–Crippen MR) is 172 cm³/mol. The van der Waals surface area contributed by atoms with E-state index in [0.717, 1.165) is 64.5 Å². The molecule has 0 atom stereocenters. The summed E-state index contributed by atoms with van der Waals surface area (Å²) in [5.41, 5.74) is 7.48. The second-order valence-corrected chi connectivity index (χ2v) is 11.2. The Morgan fingerprint density at radius 3 is 1.88 bits per heavy atom. The van der Waals surface area contributed by atoms with Crippen LogP contribution in [0.5, 0.6) is 0 Å². The lowest BCUT2D eigenvalue weighted by molar-refractivity contribution is 1.18. The molecule has 0 aliphatic rings. The molecule has 0 radical (unpaired) electrons. The average molecular weight is 553 g/mol. The first-order valence-corrected chi connectivity index (χ1v) is 14.4. The predicted octanol–water partition coefficient (Wildman–Crippen LogP) is 9.62. The van der Waals surface area contributed by atoms with Gasteiger partial charge in [-0.1, -0.05) is 66.7 Å². The smallest absolute Gasteiger partial charge is 0.0998 e. The van der Waals surface area contributed by atoms with Crippen molar-refractivity contribution in [2.24, 2.45) is 0 Å². The van der Waals surface area contributed by atoms with Crippen LogP contribution in [-0.2, 0) is 0 Å².